The number of hydrogen-bond donors (Lipinski definition) is 1. The van der Waals surface area contributed by atoms with Crippen LogP contribution >= 0.6 is 11.8 Å². The van der Waals surface area contributed by atoms with E-state index in [2.05, 4.69) is 24.4 Å². The summed E-state index contributed by atoms with van der Waals surface area (Å²) >= 11 is 1.88. The summed E-state index contributed by atoms with van der Waals surface area (Å²) in [6, 6.07) is 0.289. The Bertz CT molecular complexity index is 128. The van der Waals surface area contributed by atoms with Crippen molar-refractivity contribution in [1.29, 1.82) is 0 Å². The van der Waals surface area contributed by atoms with Gasteiger partial charge in [0.1, 0.15) is 0 Å². The van der Waals surface area contributed by atoms with E-state index >= 15 is 0 Å². The Hall–Kier alpha value is -0.130. The topological polar surface area (TPSA) is 12.0 Å². The molecule has 1 nitrogen and oxygen atoms in total. The zero-order valence-electron chi connectivity index (χ0n) is 8.10. The summed E-state index contributed by atoms with van der Waals surface area (Å²) in [6.45, 7) is 3.21. The van der Waals surface area contributed by atoms with Gasteiger partial charge in [0.15, 0.2) is 0 Å². The zero-order chi connectivity index (χ0) is 9.23. The average Bonchev–Trinajstić information content (AvgIpc) is 2.10. The van der Waals surface area contributed by atoms with Crippen LogP contribution in [-0.2, 0) is 0 Å². The van der Waals surface area contributed by atoms with E-state index in [0.717, 1.165) is 19.4 Å². The molecule has 0 spiro atoms. The van der Waals surface area contributed by atoms with Crippen molar-refractivity contribution in [2.45, 2.75) is 32.2 Å². The molecule has 0 radical (unpaired) electrons. The molecule has 0 amide bonds. The van der Waals surface area contributed by atoms with Crippen molar-refractivity contribution in [3.63, 3.8) is 0 Å². The van der Waals surface area contributed by atoms with E-state index in [0.29, 0.717) is 0 Å². The molecular formula is C10H19NS. The van der Waals surface area contributed by atoms with Crippen LogP contribution in [-0.4, -0.2) is 24.6 Å². The van der Waals surface area contributed by atoms with Gasteiger partial charge in [-0.05, 0) is 31.4 Å². The number of thioether (sulfide) groups is 1. The van der Waals surface area contributed by atoms with Crippen LogP contribution in [0.5, 0.6) is 0 Å². The average molecular weight is 185 g/mol. The van der Waals surface area contributed by atoms with E-state index in [1.807, 2.05) is 11.8 Å². The van der Waals surface area contributed by atoms with E-state index in [4.69, 9.17) is 6.42 Å². The predicted octanol–water partition coefficient (Wildman–Crippen LogP) is 2.13. The molecule has 1 atom stereocenters. The normalized spacial score (nSPS) is 12.4. The fourth-order valence-corrected chi connectivity index (χ4v) is 1.46. The summed E-state index contributed by atoms with van der Waals surface area (Å²) in [6.07, 6.45) is 10.9. The Morgan fingerprint density at radius 1 is 1.58 bits per heavy atom. The van der Waals surface area contributed by atoms with Gasteiger partial charge in [-0.25, -0.2) is 0 Å². The molecule has 0 aromatic heterocycles. The van der Waals surface area contributed by atoms with E-state index in [1.165, 1.54) is 12.2 Å². The molecule has 0 aliphatic heterocycles. The molecule has 0 aliphatic carbocycles. The van der Waals surface area contributed by atoms with Crippen LogP contribution in [0.3, 0.4) is 0 Å². The minimum Gasteiger partial charge on any atom is -0.304 e. The quantitative estimate of drug-likeness (QED) is 0.482. The first-order valence-corrected chi connectivity index (χ1v) is 5.93. The highest BCUT2D eigenvalue weighted by Gasteiger charge is 2.00. The van der Waals surface area contributed by atoms with Gasteiger partial charge in [0.25, 0.3) is 0 Å². The lowest BCUT2D eigenvalue weighted by atomic mass is 10.2. The summed E-state index contributed by atoms with van der Waals surface area (Å²) < 4.78 is 0. The van der Waals surface area contributed by atoms with Crippen LogP contribution in [0.25, 0.3) is 0 Å². The first kappa shape index (κ1) is 11.9. The molecule has 2 heteroatoms. The molecule has 0 fully saturated rings. The summed E-state index contributed by atoms with van der Waals surface area (Å²) in [5.41, 5.74) is 0. The minimum atomic E-state index is 0.289. The molecule has 0 saturated heterocycles. The maximum absolute atomic E-state index is 5.36. The molecule has 0 bridgehead atoms. The van der Waals surface area contributed by atoms with Gasteiger partial charge in [0, 0.05) is 0 Å². The SMILES string of the molecule is C#CC(CCC)NCCCSC. The Morgan fingerprint density at radius 2 is 2.33 bits per heavy atom. The lowest BCUT2D eigenvalue weighted by molar-refractivity contribution is 0.562. The van der Waals surface area contributed by atoms with Gasteiger partial charge in [-0.2, -0.15) is 11.8 Å². The first-order chi connectivity index (χ1) is 5.85. The van der Waals surface area contributed by atoms with Crippen LogP contribution in [0.1, 0.15) is 26.2 Å². The van der Waals surface area contributed by atoms with Gasteiger partial charge >= 0.3 is 0 Å². The molecule has 70 valence electrons. The van der Waals surface area contributed by atoms with Crippen molar-refractivity contribution >= 4 is 11.8 Å². The van der Waals surface area contributed by atoms with Crippen molar-refractivity contribution in [3.05, 3.63) is 0 Å². The Morgan fingerprint density at radius 3 is 2.83 bits per heavy atom. The third-order valence-electron chi connectivity index (χ3n) is 1.69. The smallest absolute Gasteiger partial charge is 0.0686 e. The third kappa shape index (κ3) is 6.57. The summed E-state index contributed by atoms with van der Waals surface area (Å²) in [5.74, 6) is 3.98. The van der Waals surface area contributed by atoms with Gasteiger partial charge in [-0.1, -0.05) is 19.3 Å². The van der Waals surface area contributed by atoms with Crippen molar-refractivity contribution in [2.24, 2.45) is 0 Å². The first-order valence-electron chi connectivity index (χ1n) is 4.53. The lowest BCUT2D eigenvalue weighted by Gasteiger charge is -2.10. The molecule has 0 rings (SSSR count). The fourth-order valence-electron chi connectivity index (χ4n) is 1.03. The second-order valence-corrected chi connectivity index (χ2v) is 3.79. The van der Waals surface area contributed by atoms with Crippen molar-refractivity contribution < 1.29 is 0 Å². The second kappa shape index (κ2) is 8.96. The van der Waals surface area contributed by atoms with Crippen molar-refractivity contribution in [2.75, 3.05) is 18.6 Å². The number of rotatable bonds is 7. The molecule has 0 aromatic rings. The van der Waals surface area contributed by atoms with Crippen LogP contribution < -0.4 is 5.32 Å². The monoisotopic (exact) mass is 185 g/mol. The molecule has 1 N–H and O–H groups in total. The van der Waals surface area contributed by atoms with E-state index < -0.39 is 0 Å². The van der Waals surface area contributed by atoms with Gasteiger partial charge in [0.05, 0.1) is 6.04 Å². The second-order valence-electron chi connectivity index (χ2n) is 2.81. The Kier molecular flexibility index (Phi) is 8.86. The van der Waals surface area contributed by atoms with Crippen LogP contribution in [0, 0.1) is 12.3 Å². The summed E-state index contributed by atoms with van der Waals surface area (Å²) in [7, 11) is 0. The highest BCUT2D eigenvalue weighted by atomic mass is 32.2. The van der Waals surface area contributed by atoms with Gasteiger partial charge in [-0.15, -0.1) is 6.42 Å². The highest BCUT2D eigenvalue weighted by Crippen LogP contribution is 1.97. The van der Waals surface area contributed by atoms with Crippen LogP contribution in [0.4, 0.5) is 0 Å². The van der Waals surface area contributed by atoms with Gasteiger partial charge in [-0.3, -0.25) is 0 Å². The number of nitrogens with one attached hydrogen (secondary N) is 1. The minimum absolute atomic E-state index is 0.289. The maximum Gasteiger partial charge on any atom is 0.0686 e. The summed E-state index contributed by atoms with van der Waals surface area (Å²) in [5, 5.41) is 3.36. The molecule has 0 heterocycles. The largest absolute Gasteiger partial charge is 0.304 e. The lowest BCUT2D eigenvalue weighted by Crippen LogP contribution is -2.28. The van der Waals surface area contributed by atoms with E-state index in [9.17, 15) is 0 Å². The maximum atomic E-state index is 5.36. The number of terminal acetylenes is 1. The van der Waals surface area contributed by atoms with E-state index in [-0.39, 0.29) is 6.04 Å². The highest BCUT2D eigenvalue weighted by molar-refractivity contribution is 7.98. The zero-order valence-corrected chi connectivity index (χ0v) is 8.91. The standard InChI is InChI=1S/C10H19NS/c1-4-7-10(5-2)11-8-6-9-12-3/h2,10-11H,4,6-9H2,1,3H3. The molecule has 0 aliphatic rings. The van der Waals surface area contributed by atoms with E-state index in [1.54, 1.807) is 0 Å². The number of hydrogen-bond acceptors (Lipinski definition) is 2. The van der Waals surface area contributed by atoms with Crippen molar-refractivity contribution in [3.8, 4) is 12.3 Å². The fraction of sp³-hybridized carbons (Fsp3) is 0.800. The predicted molar refractivity (Wildman–Crippen MR) is 58.5 cm³/mol. The molecule has 0 saturated carbocycles. The van der Waals surface area contributed by atoms with Crippen LogP contribution in [0.2, 0.25) is 0 Å². The van der Waals surface area contributed by atoms with Gasteiger partial charge in [0.2, 0.25) is 0 Å². The third-order valence-corrected chi connectivity index (χ3v) is 2.39. The molecule has 1 unspecified atom stereocenters. The Balaban J connectivity index is 3.27. The van der Waals surface area contributed by atoms with Gasteiger partial charge < -0.3 is 5.32 Å². The molecule has 0 aromatic carbocycles. The Labute approximate surface area is 80.7 Å². The van der Waals surface area contributed by atoms with Crippen LogP contribution in [0.15, 0.2) is 0 Å². The molecular weight excluding hydrogens is 166 g/mol. The summed E-state index contributed by atoms with van der Waals surface area (Å²) in [4.78, 5) is 0. The van der Waals surface area contributed by atoms with Crippen molar-refractivity contribution in [1.82, 2.24) is 5.32 Å². The molecule has 12 heavy (non-hydrogen) atoms.